The number of carbonyl (C=O) groups excluding carboxylic acids is 1. The molecule has 3 N–H and O–H groups in total. The predicted molar refractivity (Wildman–Crippen MR) is 88.1 cm³/mol. The van der Waals surface area contributed by atoms with E-state index in [4.69, 9.17) is 10.5 Å². The van der Waals surface area contributed by atoms with E-state index in [0.29, 0.717) is 30.2 Å². The van der Waals surface area contributed by atoms with E-state index < -0.39 is 0 Å². The van der Waals surface area contributed by atoms with E-state index in [1.807, 2.05) is 36.4 Å². The molecule has 2 aromatic rings. The van der Waals surface area contributed by atoms with Crippen LogP contribution in [0, 0.1) is 3.57 Å². The van der Waals surface area contributed by atoms with Crippen molar-refractivity contribution in [3.63, 3.8) is 0 Å². The highest BCUT2D eigenvalue weighted by atomic mass is 127. The summed E-state index contributed by atoms with van der Waals surface area (Å²) >= 11 is 2.18. The molecule has 0 spiro atoms. The lowest BCUT2D eigenvalue weighted by Crippen LogP contribution is -2.13. The zero-order valence-electron chi connectivity index (χ0n) is 10.8. The maximum atomic E-state index is 12.1. The Morgan fingerprint density at radius 3 is 2.75 bits per heavy atom. The molecule has 0 atom stereocenters. The highest BCUT2D eigenvalue weighted by Crippen LogP contribution is 2.18. The minimum atomic E-state index is -0.139. The highest BCUT2D eigenvalue weighted by molar-refractivity contribution is 14.1. The molecular formula is C15H15IN2O2. The number of rotatable bonds is 5. The molecule has 0 aliphatic rings. The van der Waals surface area contributed by atoms with Crippen molar-refractivity contribution in [1.29, 1.82) is 0 Å². The van der Waals surface area contributed by atoms with Gasteiger partial charge in [-0.3, -0.25) is 4.79 Å². The van der Waals surface area contributed by atoms with Gasteiger partial charge >= 0.3 is 0 Å². The molecule has 4 nitrogen and oxygen atoms in total. The van der Waals surface area contributed by atoms with Crippen molar-refractivity contribution in [2.75, 3.05) is 18.5 Å². The van der Waals surface area contributed by atoms with E-state index in [1.54, 1.807) is 12.1 Å². The second kappa shape index (κ2) is 7.25. The van der Waals surface area contributed by atoms with Crippen LogP contribution in [0.4, 0.5) is 5.69 Å². The fourth-order valence-electron chi connectivity index (χ4n) is 1.67. The smallest absolute Gasteiger partial charge is 0.255 e. The average Bonchev–Trinajstić information content (AvgIpc) is 2.45. The molecule has 0 bridgehead atoms. The molecular weight excluding hydrogens is 367 g/mol. The molecule has 0 saturated heterocycles. The Hall–Kier alpha value is -1.60. The van der Waals surface area contributed by atoms with Gasteiger partial charge in [-0.1, -0.05) is 12.1 Å². The number of benzene rings is 2. The first kappa shape index (κ1) is 14.8. The van der Waals surface area contributed by atoms with E-state index in [9.17, 15) is 4.79 Å². The minimum Gasteiger partial charge on any atom is -0.492 e. The summed E-state index contributed by atoms with van der Waals surface area (Å²) in [7, 11) is 0. The Morgan fingerprint density at radius 1 is 1.20 bits per heavy atom. The lowest BCUT2D eigenvalue weighted by atomic mass is 10.2. The Balaban J connectivity index is 2.07. The number of halogens is 1. The third-order valence-corrected chi connectivity index (χ3v) is 3.24. The maximum Gasteiger partial charge on any atom is 0.255 e. The molecule has 0 fully saturated rings. The van der Waals surface area contributed by atoms with E-state index in [1.165, 1.54) is 0 Å². The first-order valence-electron chi connectivity index (χ1n) is 6.19. The summed E-state index contributed by atoms with van der Waals surface area (Å²) in [5.74, 6) is 0.551. The van der Waals surface area contributed by atoms with Crippen LogP contribution in [-0.4, -0.2) is 19.1 Å². The van der Waals surface area contributed by atoms with Gasteiger partial charge in [0.1, 0.15) is 12.4 Å². The molecule has 0 heterocycles. The second-order valence-electron chi connectivity index (χ2n) is 4.13. The average molecular weight is 382 g/mol. The monoisotopic (exact) mass is 382 g/mol. The van der Waals surface area contributed by atoms with Crippen LogP contribution in [0.25, 0.3) is 0 Å². The number of hydrogen-bond donors (Lipinski definition) is 2. The molecule has 5 heteroatoms. The van der Waals surface area contributed by atoms with Gasteiger partial charge in [-0.25, -0.2) is 0 Å². The van der Waals surface area contributed by atoms with Crippen LogP contribution in [-0.2, 0) is 0 Å². The van der Waals surface area contributed by atoms with Crippen molar-refractivity contribution in [2.45, 2.75) is 0 Å². The van der Waals surface area contributed by atoms with Crippen molar-refractivity contribution in [2.24, 2.45) is 5.73 Å². The Morgan fingerprint density at radius 2 is 2.00 bits per heavy atom. The number of carbonyl (C=O) groups is 1. The number of nitrogens with two attached hydrogens (primary N) is 1. The van der Waals surface area contributed by atoms with Crippen LogP contribution in [0.5, 0.6) is 5.75 Å². The normalized spacial score (nSPS) is 10.1. The summed E-state index contributed by atoms with van der Waals surface area (Å²) in [6.45, 7) is 0.910. The maximum absolute atomic E-state index is 12.1. The fourth-order valence-corrected chi connectivity index (χ4v) is 2.22. The van der Waals surface area contributed by atoms with E-state index in [-0.39, 0.29) is 5.91 Å². The fraction of sp³-hybridized carbons (Fsp3) is 0.133. The first-order valence-corrected chi connectivity index (χ1v) is 7.27. The zero-order valence-corrected chi connectivity index (χ0v) is 13.0. The molecule has 0 saturated carbocycles. The summed E-state index contributed by atoms with van der Waals surface area (Å²) in [5.41, 5.74) is 6.72. The van der Waals surface area contributed by atoms with E-state index in [2.05, 4.69) is 27.9 Å². The summed E-state index contributed by atoms with van der Waals surface area (Å²) in [6, 6.07) is 14.7. The van der Waals surface area contributed by atoms with Crippen molar-refractivity contribution in [3.05, 3.63) is 57.7 Å². The van der Waals surface area contributed by atoms with Crippen LogP contribution in [0.1, 0.15) is 10.4 Å². The summed E-state index contributed by atoms with van der Waals surface area (Å²) in [6.07, 6.45) is 0. The summed E-state index contributed by atoms with van der Waals surface area (Å²) in [4.78, 5) is 12.1. The van der Waals surface area contributed by atoms with E-state index in [0.717, 1.165) is 3.57 Å². The summed E-state index contributed by atoms with van der Waals surface area (Å²) in [5, 5.41) is 2.85. The Labute approximate surface area is 131 Å². The van der Waals surface area contributed by atoms with Crippen LogP contribution in [0.3, 0.4) is 0 Å². The number of ether oxygens (including phenoxy) is 1. The van der Waals surface area contributed by atoms with Gasteiger partial charge in [0.2, 0.25) is 0 Å². The van der Waals surface area contributed by atoms with Crippen molar-refractivity contribution < 1.29 is 9.53 Å². The standard InChI is InChI=1S/C15H15IN2O2/c16-12-4-1-3-11(9-12)15(19)18-13-5-2-6-14(10-13)20-8-7-17/h1-6,9-10H,7-8,17H2,(H,18,19). The lowest BCUT2D eigenvalue weighted by Gasteiger charge is -2.08. The minimum absolute atomic E-state index is 0.139. The Bertz CT molecular complexity index is 602. The molecule has 20 heavy (non-hydrogen) atoms. The predicted octanol–water partition coefficient (Wildman–Crippen LogP) is 2.88. The van der Waals surface area contributed by atoms with Crippen molar-refractivity contribution >= 4 is 34.2 Å². The largest absolute Gasteiger partial charge is 0.492 e. The molecule has 0 aliphatic heterocycles. The third kappa shape index (κ3) is 4.21. The molecule has 0 aliphatic carbocycles. The molecule has 2 aromatic carbocycles. The third-order valence-electron chi connectivity index (χ3n) is 2.57. The van der Waals surface area contributed by atoms with Gasteiger partial charge in [0, 0.05) is 27.4 Å². The second-order valence-corrected chi connectivity index (χ2v) is 5.38. The molecule has 0 unspecified atom stereocenters. The zero-order chi connectivity index (χ0) is 14.4. The van der Waals surface area contributed by atoms with Gasteiger partial charge in [-0.15, -0.1) is 0 Å². The molecule has 0 radical (unpaired) electrons. The van der Waals surface area contributed by atoms with Gasteiger partial charge in [0.25, 0.3) is 5.91 Å². The van der Waals surface area contributed by atoms with Crippen LogP contribution in [0.15, 0.2) is 48.5 Å². The summed E-state index contributed by atoms with van der Waals surface area (Å²) < 4.78 is 6.45. The van der Waals surface area contributed by atoms with Crippen LogP contribution < -0.4 is 15.8 Å². The van der Waals surface area contributed by atoms with Gasteiger partial charge in [0.15, 0.2) is 0 Å². The quantitative estimate of drug-likeness (QED) is 0.782. The highest BCUT2D eigenvalue weighted by Gasteiger charge is 2.06. The molecule has 1 amide bonds. The van der Waals surface area contributed by atoms with Gasteiger partial charge in [0.05, 0.1) is 0 Å². The Kier molecular flexibility index (Phi) is 5.37. The van der Waals surface area contributed by atoms with Crippen LogP contribution in [0.2, 0.25) is 0 Å². The molecule has 2 rings (SSSR count). The lowest BCUT2D eigenvalue weighted by molar-refractivity contribution is 0.102. The van der Waals surface area contributed by atoms with Crippen LogP contribution >= 0.6 is 22.6 Å². The number of nitrogens with one attached hydrogen (secondary N) is 1. The number of anilines is 1. The topological polar surface area (TPSA) is 64.3 Å². The van der Waals surface area contributed by atoms with Crippen molar-refractivity contribution in [1.82, 2.24) is 0 Å². The number of hydrogen-bond acceptors (Lipinski definition) is 3. The van der Waals surface area contributed by atoms with Gasteiger partial charge in [-0.2, -0.15) is 0 Å². The number of amides is 1. The first-order chi connectivity index (χ1) is 9.69. The molecule has 0 aromatic heterocycles. The van der Waals surface area contributed by atoms with Crippen molar-refractivity contribution in [3.8, 4) is 5.75 Å². The van der Waals surface area contributed by atoms with Gasteiger partial charge < -0.3 is 15.8 Å². The SMILES string of the molecule is NCCOc1cccc(NC(=O)c2cccc(I)c2)c1. The van der Waals surface area contributed by atoms with Gasteiger partial charge in [-0.05, 0) is 52.9 Å². The van der Waals surface area contributed by atoms with E-state index >= 15 is 0 Å². The molecule has 104 valence electrons.